The van der Waals surface area contributed by atoms with Crippen molar-refractivity contribution in [1.29, 1.82) is 0 Å². The number of carbonyl (C=O) groups is 1. The van der Waals surface area contributed by atoms with Crippen LogP contribution in [-0.2, 0) is 6.42 Å². The van der Waals surface area contributed by atoms with Crippen LogP contribution in [0.25, 0.3) is 0 Å². The number of hydrogen-bond acceptors (Lipinski definition) is 5. The molecule has 0 atom stereocenters. The Morgan fingerprint density at radius 1 is 1.30 bits per heavy atom. The molecular formula is C14H15N3O3. The fourth-order valence-corrected chi connectivity index (χ4v) is 1.67. The Morgan fingerprint density at radius 3 is 2.70 bits per heavy atom. The fourth-order valence-electron chi connectivity index (χ4n) is 1.67. The molecule has 6 nitrogen and oxygen atoms in total. The minimum absolute atomic E-state index is 0.290. The summed E-state index contributed by atoms with van der Waals surface area (Å²) < 4.78 is 5.01. The highest BCUT2D eigenvalue weighted by atomic mass is 16.5. The SMILES string of the molecule is COc1ccnc(NCCc2ccc(C(=O)O)cc2)n1. The van der Waals surface area contributed by atoms with Crippen LogP contribution >= 0.6 is 0 Å². The Bertz CT molecular complexity index is 584. The Morgan fingerprint density at radius 2 is 2.05 bits per heavy atom. The van der Waals surface area contributed by atoms with Gasteiger partial charge in [-0.25, -0.2) is 9.78 Å². The van der Waals surface area contributed by atoms with E-state index in [1.807, 2.05) is 0 Å². The third kappa shape index (κ3) is 3.68. The van der Waals surface area contributed by atoms with Gasteiger partial charge >= 0.3 is 5.97 Å². The molecule has 0 bridgehead atoms. The van der Waals surface area contributed by atoms with Crippen molar-refractivity contribution in [3.63, 3.8) is 0 Å². The molecule has 1 heterocycles. The standard InChI is InChI=1S/C14H15N3O3/c1-20-12-7-9-16-14(17-12)15-8-6-10-2-4-11(5-3-10)13(18)19/h2-5,7,9H,6,8H2,1H3,(H,18,19)(H,15,16,17). The van der Waals surface area contributed by atoms with Crippen LogP contribution in [0.1, 0.15) is 15.9 Å². The van der Waals surface area contributed by atoms with Gasteiger partial charge in [-0.15, -0.1) is 0 Å². The second-order valence-corrected chi connectivity index (χ2v) is 4.10. The van der Waals surface area contributed by atoms with Gasteiger partial charge in [0.05, 0.1) is 12.7 Å². The van der Waals surface area contributed by atoms with Crippen molar-refractivity contribution in [2.45, 2.75) is 6.42 Å². The average Bonchev–Trinajstić information content (AvgIpc) is 2.48. The molecule has 0 unspecified atom stereocenters. The highest BCUT2D eigenvalue weighted by Gasteiger charge is 2.02. The van der Waals surface area contributed by atoms with E-state index < -0.39 is 5.97 Å². The molecule has 0 aliphatic rings. The summed E-state index contributed by atoms with van der Waals surface area (Å²) in [5.74, 6) is 0.0965. The van der Waals surface area contributed by atoms with Crippen molar-refractivity contribution in [3.05, 3.63) is 47.7 Å². The van der Waals surface area contributed by atoms with Crippen molar-refractivity contribution < 1.29 is 14.6 Å². The van der Waals surface area contributed by atoms with Gasteiger partial charge in [0.1, 0.15) is 0 Å². The van der Waals surface area contributed by atoms with Gasteiger partial charge in [-0.2, -0.15) is 4.98 Å². The summed E-state index contributed by atoms with van der Waals surface area (Å²) in [7, 11) is 1.55. The quantitative estimate of drug-likeness (QED) is 0.835. The van der Waals surface area contributed by atoms with E-state index in [0.717, 1.165) is 12.0 Å². The second kappa shape index (κ2) is 6.51. The van der Waals surface area contributed by atoms with Crippen LogP contribution in [0.4, 0.5) is 5.95 Å². The molecule has 104 valence electrons. The molecule has 0 amide bonds. The lowest BCUT2D eigenvalue weighted by atomic mass is 10.1. The van der Waals surface area contributed by atoms with Crippen LogP contribution in [0.2, 0.25) is 0 Å². The zero-order valence-corrected chi connectivity index (χ0v) is 11.0. The number of carboxylic acid groups (broad SMARTS) is 1. The maximum absolute atomic E-state index is 10.7. The third-order valence-electron chi connectivity index (χ3n) is 2.74. The summed E-state index contributed by atoms with van der Waals surface area (Å²) in [5, 5.41) is 11.9. The van der Waals surface area contributed by atoms with Crippen LogP contribution in [0.15, 0.2) is 36.5 Å². The Balaban J connectivity index is 1.87. The average molecular weight is 273 g/mol. The van der Waals surface area contributed by atoms with Crippen molar-refractivity contribution in [2.75, 3.05) is 19.0 Å². The van der Waals surface area contributed by atoms with Crippen molar-refractivity contribution in [1.82, 2.24) is 9.97 Å². The van der Waals surface area contributed by atoms with Gasteiger partial charge in [-0.1, -0.05) is 12.1 Å². The van der Waals surface area contributed by atoms with Gasteiger partial charge in [0.15, 0.2) is 0 Å². The lowest BCUT2D eigenvalue weighted by Gasteiger charge is -2.06. The van der Waals surface area contributed by atoms with E-state index in [2.05, 4.69) is 15.3 Å². The summed E-state index contributed by atoms with van der Waals surface area (Å²) in [4.78, 5) is 18.9. The van der Waals surface area contributed by atoms with E-state index in [1.165, 1.54) is 0 Å². The number of anilines is 1. The molecule has 20 heavy (non-hydrogen) atoms. The van der Waals surface area contributed by atoms with Crippen LogP contribution in [-0.4, -0.2) is 34.7 Å². The zero-order chi connectivity index (χ0) is 14.4. The van der Waals surface area contributed by atoms with Crippen LogP contribution in [0.5, 0.6) is 5.88 Å². The maximum Gasteiger partial charge on any atom is 0.335 e. The maximum atomic E-state index is 10.7. The molecule has 2 N–H and O–H groups in total. The first-order valence-corrected chi connectivity index (χ1v) is 6.12. The van der Waals surface area contributed by atoms with Crippen molar-refractivity contribution in [2.24, 2.45) is 0 Å². The van der Waals surface area contributed by atoms with Gasteiger partial charge in [-0.05, 0) is 24.1 Å². The van der Waals surface area contributed by atoms with Gasteiger partial charge in [-0.3, -0.25) is 0 Å². The number of hydrogen-bond donors (Lipinski definition) is 2. The number of rotatable bonds is 6. The molecule has 6 heteroatoms. The van der Waals surface area contributed by atoms with Crippen molar-refractivity contribution >= 4 is 11.9 Å². The van der Waals surface area contributed by atoms with Crippen molar-refractivity contribution in [3.8, 4) is 5.88 Å². The minimum atomic E-state index is -0.917. The molecule has 0 spiro atoms. The lowest BCUT2D eigenvalue weighted by molar-refractivity contribution is 0.0697. The summed E-state index contributed by atoms with van der Waals surface area (Å²) in [6.07, 6.45) is 2.37. The van der Waals surface area contributed by atoms with Gasteiger partial charge in [0, 0.05) is 18.8 Å². The lowest BCUT2D eigenvalue weighted by Crippen LogP contribution is -2.08. The van der Waals surface area contributed by atoms with E-state index in [9.17, 15) is 4.79 Å². The van der Waals surface area contributed by atoms with E-state index in [1.54, 1.807) is 43.6 Å². The van der Waals surface area contributed by atoms with E-state index >= 15 is 0 Å². The largest absolute Gasteiger partial charge is 0.481 e. The first-order chi connectivity index (χ1) is 9.69. The van der Waals surface area contributed by atoms with Crippen LogP contribution in [0, 0.1) is 0 Å². The molecule has 1 aromatic heterocycles. The molecule has 0 aliphatic heterocycles. The number of ether oxygens (including phenoxy) is 1. The molecule has 2 aromatic rings. The molecule has 0 saturated carbocycles. The summed E-state index contributed by atoms with van der Waals surface area (Å²) in [6.45, 7) is 0.652. The molecule has 0 fully saturated rings. The summed E-state index contributed by atoms with van der Waals surface area (Å²) in [5.41, 5.74) is 1.34. The Hall–Kier alpha value is -2.63. The number of aromatic nitrogens is 2. The number of nitrogens with one attached hydrogen (secondary N) is 1. The number of benzene rings is 1. The van der Waals surface area contributed by atoms with Crippen LogP contribution < -0.4 is 10.1 Å². The highest BCUT2D eigenvalue weighted by molar-refractivity contribution is 5.87. The predicted octanol–water partition coefficient (Wildman–Crippen LogP) is 1.84. The molecule has 1 aromatic carbocycles. The van der Waals surface area contributed by atoms with E-state index in [4.69, 9.17) is 9.84 Å². The monoisotopic (exact) mass is 273 g/mol. The molecule has 0 radical (unpaired) electrons. The first kappa shape index (κ1) is 13.8. The molecule has 0 aliphatic carbocycles. The van der Waals surface area contributed by atoms with E-state index in [-0.39, 0.29) is 5.56 Å². The predicted molar refractivity (Wildman–Crippen MR) is 74.2 cm³/mol. The molecular weight excluding hydrogens is 258 g/mol. The number of carboxylic acids is 1. The number of methoxy groups -OCH3 is 1. The third-order valence-corrected chi connectivity index (χ3v) is 2.74. The normalized spacial score (nSPS) is 10.1. The minimum Gasteiger partial charge on any atom is -0.481 e. The molecule has 0 saturated heterocycles. The van der Waals surface area contributed by atoms with Gasteiger partial charge < -0.3 is 15.2 Å². The number of nitrogens with zero attached hydrogens (tertiary/aromatic N) is 2. The first-order valence-electron chi connectivity index (χ1n) is 6.12. The Kier molecular flexibility index (Phi) is 4.49. The fraction of sp³-hybridized carbons (Fsp3) is 0.214. The van der Waals surface area contributed by atoms with Gasteiger partial charge in [0.2, 0.25) is 11.8 Å². The Labute approximate surface area is 116 Å². The van der Waals surface area contributed by atoms with E-state index in [0.29, 0.717) is 18.4 Å². The second-order valence-electron chi connectivity index (χ2n) is 4.10. The topological polar surface area (TPSA) is 84.3 Å². The zero-order valence-electron chi connectivity index (χ0n) is 11.0. The number of aromatic carboxylic acids is 1. The molecule has 2 rings (SSSR count). The summed E-state index contributed by atoms with van der Waals surface area (Å²) >= 11 is 0. The highest BCUT2D eigenvalue weighted by Crippen LogP contribution is 2.08. The van der Waals surface area contributed by atoms with Gasteiger partial charge in [0.25, 0.3) is 0 Å². The smallest absolute Gasteiger partial charge is 0.335 e. The summed E-state index contributed by atoms with van der Waals surface area (Å²) in [6, 6.07) is 8.48. The van der Waals surface area contributed by atoms with Crippen LogP contribution in [0.3, 0.4) is 0 Å².